The molecule has 0 unspecified atom stereocenters. The van der Waals surface area contributed by atoms with Crippen LogP contribution in [0.25, 0.3) is 0 Å². The van der Waals surface area contributed by atoms with Gasteiger partial charge in [-0.15, -0.1) is 0 Å². The predicted molar refractivity (Wildman–Crippen MR) is 84.6 cm³/mol. The standard InChI is InChI=1S/C17H15ClFNO3/c1-11(16(21)20-10-12-5-3-2-4-6-12)23-17(22)14-8-7-13(19)9-15(14)18/h2-9,11H,10H2,1H3,(H,20,21)/t11-/m1/s1. The lowest BCUT2D eigenvalue weighted by Gasteiger charge is -2.14. The van der Waals surface area contributed by atoms with Gasteiger partial charge in [-0.1, -0.05) is 41.9 Å². The third-order valence-electron chi connectivity index (χ3n) is 3.11. The highest BCUT2D eigenvalue weighted by atomic mass is 35.5. The second-order valence-corrected chi connectivity index (χ2v) is 5.28. The Balaban J connectivity index is 1.91. The van der Waals surface area contributed by atoms with E-state index in [0.717, 1.165) is 17.7 Å². The number of carbonyl (C=O) groups excluding carboxylic acids is 2. The van der Waals surface area contributed by atoms with Crippen molar-refractivity contribution >= 4 is 23.5 Å². The number of esters is 1. The monoisotopic (exact) mass is 335 g/mol. The number of halogens is 2. The van der Waals surface area contributed by atoms with Gasteiger partial charge >= 0.3 is 5.97 Å². The molecule has 0 aromatic heterocycles. The number of rotatable bonds is 5. The first kappa shape index (κ1) is 17.0. The summed E-state index contributed by atoms with van der Waals surface area (Å²) in [4.78, 5) is 23.9. The maximum absolute atomic E-state index is 13.0. The zero-order valence-corrected chi connectivity index (χ0v) is 13.1. The average molecular weight is 336 g/mol. The molecule has 0 bridgehead atoms. The van der Waals surface area contributed by atoms with Gasteiger partial charge in [-0.2, -0.15) is 0 Å². The Kier molecular flexibility index (Phi) is 5.71. The molecule has 4 nitrogen and oxygen atoms in total. The van der Waals surface area contributed by atoms with Crippen LogP contribution >= 0.6 is 11.6 Å². The first-order valence-electron chi connectivity index (χ1n) is 6.95. The Morgan fingerprint density at radius 3 is 2.57 bits per heavy atom. The molecule has 0 spiro atoms. The van der Waals surface area contributed by atoms with Crippen LogP contribution in [0.3, 0.4) is 0 Å². The molecule has 0 radical (unpaired) electrons. The summed E-state index contributed by atoms with van der Waals surface area (Å²) in [5.41, 5.74) is 0.941. The van der Waals surface area contributed by atoms with Crippen LogP contribution in [0.4, 0.5) is 4.39 Å². The summed E-state index contributed by atoms with van der Waals surface area (Å²) in [5.74, 6) is -1.77. The number of nitrogens with one attached hydrogen (secondary N) is 1. The predicted octanol–water partition coefficient (Wildman–Crippen LogP) is 3.34. The summed E-state index contributed by atoms with van der Waals surface area (Å²) in [6, 6.07) is 12.7. The highest BCUT2D eigenvalue weighted by Crippen LogP contribution is 2.18. The van der Waals surface area contributed by atoms with Crippen LogP contribution in [0, 0.1) is 5.82 Å². The number of amides is 1. The van der Waals surface area contributed by atoms with Gasteiger partial charge in [-0.3, -0.25) is 4.79 Å². The SMILES string of the molecule is C[C@@H](OC(=O)c1ccc(F)cc1Cl)C(=O)NCc1ccccc1. The van der Waals surface area contributed by atoms with Crippen LogP contribution in [0.1, 0.15) is 22.8 Å². The summed E-state index contributed by atoms with van der Waals surface area (Å²) in [7, 11) is 0. The second-order valence-electron chi connectivity index (χ2n) is 4.88. The molecule has 0 saturated carbocycles. The molecule has 0 aliphatic heterocycles. The molecule has 0 saturated heterocycles. The first-order chi connectivity index (χ1) is 11.0. The van der Waals surface area contributed by atoms with E-state index in [1.165, 1.54) is 13.0 Å². The van der Waals surface area contributed by atoms with Crippen molar-refractivity contribution in [3.63, 3.8) is 0 Å². The molecule has 2 aromatic rings. The van der Waals surface area contributed by atoms with Crippen molar-refractivity contribution in [3.05, 3.63) is 70.5 Å². The quantitative estimate of drug-likeness (QED) is 0.853. The summed E-state index contributed by atoms with van der Waals surface area (Å²) < 4.78 is 18.0. The molecular formula is C17H15ClFNO3. The van der Waals surface area contributed by atoms with Gasteiger partial charge in [0.05, 0.1) is 10.6 Å². The van der Waals surface area contributed by atoms with E-state index in [9.17, 15) is 14.0 Å². The van der Waals surface area contributed by atoms with Crippen LogP contribution < -0.4 is 5.32 Å². The van der Waals surface area contributed by atoms with Crippen LogP contribution in [-0.4, -0.2) is 18.0 Å². The minimum absolute atomic E-state index is 0.00998. The van der Waals surface area contributed by atoms with Gasteiger partial charge in [-0.25, -0.2) is 9.18 Å². The smallest absolute Gasteiger partial charge is 0.340 e. The Bertz CT molecular complexity index is 706. The Hall–Kier alpha value is -2.40. The van der Waals surface area contributed by atoms with Crippen molar-refractivity contribution in [2.45, 2.75) is 19.6 Å². The van der Waals surface area contributed by atoms with E-state index in [0.29, 0.717) is 6.54 Å². The Labute approximate surface area is 138 Å². The van der Waals surface area contributed by atoms with Gasteiger partial charge in [0, 0.05) is 6.54 Å². The van der Waals surface area contributed by atoms with Gasteiger partial charge in [0.15, 0.2) is 6.10 Å². The zero-order valence-electron chi connectivity index (χ0n) is 12.4. The van der Waals surface area contributed by atoms with Crippen LogP contribution in [0.15, 0.2) is 48.5 Å². The third kappa shape index (κ3) is 4.79. The van der Waals surface area contributed by atoms with Crippen molar-refractivity contribution < 1.29 is 18.7 Å². The lowest BCUT2D eigenvalue weighted by molar-refractivity contribution is -0.129. The van der Waals surface area contributed by atoms with Crippen molar-refractivity contribution in [1.82, 2.24) is 5.32 Å². The fraction of sp³-hybridized carbons (Fsp3) is 0.176. The molecule has 1 N–H and O–H groups in total. The Morgan fingerprint density at radius 1 is 1.22 bits per heavy atom. The number of hydrogen-bond acceptors (Lipinski definition) is 3. The molecule has 0 fully saturated rings. The van der Waals surface area contributed by atoms with Crippen molar-refractivity contribution in [2.24, 2.45) is 0 Å². The molecule has 120 valence electrons. The molecule has 6 heteroatoms. The maximum atomic E-state index is 13.0. The third-order valence-corrected chi connectivity index (χ3v) is 3.43. The molecule has 0 aliphatic carbocycles. The topological polar surface area (TPSA) is 55.4 Å². The number of benzene rings is 2. The normalized spacial score (nSPS) is 11.6. The molecule has 1 atom stereocenters. The Morgan fingerprint density at radius 2 is 1.91 bits per heavy atom. The van der Waals surface area contributed by atoms with E-state index < -0.39 is 23.8 Å². The minimum Gasteiger partial charge on any atom is -0.449 e. The van der Waals surface area contributed by atoms with Crippen LogP contribution in [-0.2, 0) is 16.1 Å². The lowest BCUT2D eigenvalue weighted by Crippen LogP contribution is -2.35. The van der Waals surface area contributed by atoms with Crippen molar-refractivity contribution in [2.75, 3.05) is 0 Å². The highest BCUT2D eigenvalue weighted by molar-refractivity contribution is 6.33. The minimum atomic E-state index is -0.993. The van der Waals surface area contributed by atoms with Crippen molar-refractivity contribution in [3.8, 4) is 0 Å². The van der Waals surface area contributed by atoms with E-state index in [-0.39, 0.29) is 10.6 Å². The van der Waals surface area contributed by atoms with Gasteiger partial charge in [0.25, 0.3) is 5.91 Å². The highest BCUT2D eigenvalue weighted by Gasteiger charge is 2.20. The largest absolute Gasteiger partial charge is 0.449 e. The summed E-state index contributed by atoms with van der Waals surface area (Å²) in [5, 5.41) is 2.61. The first-order valence-corrected chi connectivity index (χ1v) is 7.33. The van der Waals surface area contributed by atoms with Crippen LogP contribution in [0.2, 0.25) is 5.02 Å². The lowest BCUT2D eigenvalue weighted by atomic mass is 10.2. The molecule has 23 heavy (non-hydrogen) atoms. The van der Waals surface area contributed by atoms with Crippen molar-refractivity contribution in [1.29, 1.82) is 0 Å². The average Bonchev–Trinajstić information content (AvgIpc) is 2.53. The fourth-order valence-corrected chi connectivity index (χ4v) is 2.11. The summed E-state index contributed by atoms with van der Waals surface area (Å²) in [6.45, 7) is 1.79. The molecule has 2 rings (SSSR count). The molecular weight excluding hydrogens is 321 g/mol. The second kappa shape index (κ2) is 7.74. The van der Waals surface area contributed by atoms with E-state index in [4.69, 9.17) is 16.3 Å². The molecule has 0 heterocycles. The van der Waals surface area contributed by atoms with E-state index in [2.05, 4.69) is 5.32 Å². The maximum Gasteiger partial charge on any atom is 0.340 e. The summed E-state index contributed by atoms with van der Waals surface area (Å²) >= 11 is 5.79. The van der Waals surface area contributed by atoms with E-state index in [1.807, 2.05) is 30.3 Å². The number of hydrogen-bond donors (Lipinski definition) is 1. The fourth-order valence-electron chi connectivity index (χ4n) is 1.86. The zero-order chi connectivity index (χ0) is 16.8. The number of ether oxygens (including phenoxy) is 1. The molecule has 0 aliphatic rings. The van der Waals surface area contributed by atoms with E-state index >= 15 is 0 Å². The van der Waals surface area contributed by atoms with Gasteiger partial charge in [-0.05, 0) is 30.7 Å². The van der Waals surface area contributed by atoms with E-state index in [1.54, 1.807) is 0 Å². The molecule has 1 amide bonds. The van der Waals surface area contributed by atoms with Gasteiger partial charge in [0.2, 0.25) is 0 Å². The number of carbonyl (C=O) groups is 2. The summed E-state index contributed by atoms with van der Waals surface area (Å²) in [6.07, 6.45) is -0.993. The van der Waals surface area contributed by atoms with Gasteiger partial charge in [0.1, 0.15) is 5.82 Å². The van der Waals surface area contributed by atoms with Crippen LogP contribution in [0.5, 0.6) is 0 Å². The van der Waals surface area contributed by atoms with Gasteiger partial charge < -0.3 is 10.1 Å². The molecule has 2 aromatic carbocycles.